The lowest BCUT2D eigenvalue weighted by Crippen LogP contribution is -2.37. The second-order valence-corrected chi connectivity index (χ2v) is 6.57. The summed E-state index contributed by atoms with van der Waals surface area (Å²) in [5.41, 5.74) is 0.351. The normalized spacial score (nSPS) is 14.8. The fourth-order valence-electron chi connectivity index (χ4n) is 0.937. The van der Waals surface area contributed by atoms with Gasteiger partial charge in [-0.25, -0.2) is 0 Å². The minimum atomic E-state index is -4.30. The van der Waals surface area contributed by atoms with E-state index < -0.39 is 7.82 Å². The molecule has 0 aromatic heterocycles. The molecule has 1 N–H and O–H groups in total. The fourth-order valence-corrected chi connectivity index (χ4v) is 1.63. The van der Waals surface area contributed by atoms with E-state index in [0.29, 0.717) is 16.6 Å². The Kier molecular flexibility index (Phi) is 7.47. The molecule has 0 fully saturated rings. The highest BCUT2D eigenvalue weighted by Gasteiger charge is 2.13. The van der Waals surface area contributed by atoms with Crippen LogP contribution in [0.1, 0.15) is 6.92 Å². The molecule has 0 spiro atoms. The lowest BCUT2D eigenvalue weighted by Gasteiger charge is -2.27. The van der Waals surface area contributed by atoms with E-state index in [9.17, 15) is 14.3 Å². The molecule has 8 heteroatoms. The highest BCUT2D eigenvalue weighted by molar-refractivity contribution is 7.45. The van der Waals surface area contributed by atoms with Gasteiger partial charge in [0, 0.05) is 12.1 Å². The molecule has 0 aliphatic carbocycles. The van der Waals surface area contributed by atoms with Crippen LogP contribution < -0.4 is 10.2 Å². The SMILES string of the molecule is C=C(C)C(=O)NCCOP(=O)([O-])OCC[N+](C)(C)C. The monoisotopic (exact) mass is 294 g/mol. The molecular formula is C11H23N2O5P. The minimum absolute atomic E-state index is 0.0579. The van der Waals surface area contributed by atoms with Gasteiger partial charge in [0.25, 0.3) is 7.82 Å². The third-order valence-electron chi connectivity index (χ3n) is 2.04. The number of amides is 1. The van der Waals surface area contributed by atoms with Crippen molar-refractivity contribution in [1.29, 1.82) is 0 Å². The van der Waals surface area contributed by atoms with Crippen LogP contribution in [0.5, 0.6) is 0 Å². The van der Waals surface area contributed by atoms with E-state index >= 15 is 0 Å². The molecule has 0 aliphatic heterocycles. The first-order chi connectivity index (χ1) is 8.53. The van der Waals surface area contributed by atoms with Gasteiger partial charge in [0.2, 0.25) is 5.91 Å². The third kappa shape index (κ3) is 10.9. The average molecular weight is 294 g/mol. The predicted molar refractivity (Wildman–Crippen MR) is 70.2 cm³/mol. The van der Waals surface area contributed by atoms with Crippen molar-refractivity contribution in [2.24, 2.45) is 0 Å². The maximum absolute atomic E-state index is 11.3. The number of carbonyl (C=O) groups is 1. The number of phosphoric ester groups is 1. The van der Waals surface area contributed by atoms with Gasteiger partial charge in [-0.05, 0) is 6.92 Å². The second-order valence-electron chi connectivity index (χ2n) is 5.16. The van der Waals surface area contributed by atoms with Gasteiger partial charge in [0.1, 0.15) is 13.2 Å². The Morgan fingerprint density at radius 2 is 1.84 bits per heavy atom. The summed E-state index contributed by atoms with van der Waals surface area (Å²) in [7, 11) is 1.48. The van der Waals surface area contributed by atoms with Gasteiger partial charge in [0.05, 0.1) is 27.7 Å². The van der Waals surface area contributed by atoms with Crippen molar-refractivity contribution >= 4 is 13.7 Å². The van der Waals surface area contributed by atoms with Crippen molar-refractivity contribution in [3.8, 4) is 0 Å². The van der Waals surface area contributed by atoms with Crippen LogP contribution in [-0.4, -0.2) is 57.8 Å². The fraction of sp³-hybridized carbons (Fsp3) is 0.727. The number of hydrogen-bond donors (Lipinski definition) is 1. The number of rotatable bonds is 9. The van der Waals surface area contributed by atoms with Crippen molar-refractivity contribution in [3.05, 3.63) is 12.2 Å². The molecule has 1 unspecified atom stereocenters. The molecule has 1 atom stereocenters. The maximum atomic E-state index is 11.3. The third-order valence-corrected chi connectivity index (χ3v) is 3.03. The van der Waals surface area contributed by atoms with Crippen molar-refractivity contribution in [2.75, 3.05) is 47.4 Å². The number of hydrogen-bond acceptors (Lipinski definition) is 5. The van der Waals surface area contributed by atoms with Crippen LogP contribution in [-0.2, 0) is 18.4 Å². The summed E-state index contributed by atoms with van der Waals surface area (Å²) in [4.78, 5) is 22.4. The predicted octanol–water partition coefficient (Wildman–Crippen LogP) is -0.113. The van der Waals surface area contributed by atoms with Crippen LogP contribution in [0.4, 0.5) is 0 Å². The van der Waals surface area contributed by atoms with Crippen LogP contribution in [0, 0.1) is 0 Å². The molecule has 7 nitrogen and oxygen atoms in total. The molecule has 0 saturated heterocycles. The number of nitrogens with zero attached hydrogens (tertiary/aromatic N) is 1. The van der Waals surface area contributed by atoms with E-state index in [0.717, 1.165) is 0 Å². The zero-order chi connectivity index (χ0) is 15.1. The summed E-state index contributed by atoms with van der Waals surface area (Å²) in [5, 5.41) is 2.45. The van der Waals surface area contributed by atoms with Crippen molar-refractivity contribution in [2.45, 2.75) is 6.92 Å². The van der Waals surface area contributed by atoms with Gasteiger partial charge in [-0.2, -0.15) is 0 Å². The number of phosphoric acid groups is 1. The maximum Gasteiger partial charge on any atom is 0.268 e. The first-order valence-electron chi connectivity index (χ1n) is 5.88. The highest BCUT2D eigenvalue weighted by Crippen LogP contribution is 2.37. The molecule has 0 heterocycles. The Hall–Kier alpha value is -0.720. The molecule has 1 amide bonds. The topological polar surface area (TPSA) is 87.7 Å². The molecule has 0 aliphatic rings. The van der Waals surface area contributed by atoms with Crippen molar-refractivity contribution in [3.63, 3.8) is 0 Å². The van der Waals surface area contributed by atoms with Crippen LogP contribution in [0.2, 0.25) is 0 Å². The highest BCUT2D eigenvalue weighted by atomic mass is 31.2. The number of quaternary nitrogens is 1. The number of carbonyl (C=O) groups excluding carboxylic acids is 1. The summed E-state index contributed by atoms with van der Waals surface area (Å²) in [6, 6.07) is 0. The first-order valence-corrected chi connectivity index (χ1v) is 7.34. The van der Waals surface area contributed by atoms with Crippen molar-refractivity contribution in [1.82, 2.24) is 5.32 Å². The van der Waals surface area contributed by atoms with E-state index in [1.807, 2.05) is 21.1 Å². The average Bonchev–Trinajstić information content (AvgIpc) is 2.21. The zero-order valence-corrected chi connectivity index (χ0v) is 12.9. The van der Waals surface area contributed by atoms with Crippen molar-refractivity contribution < 1.29 is 27.8 Å². The molecule has 0 rings (SSSR count). The summed E-state index contributed by atoms with van der Waals surface area (Å²) in [6.07, 6.45) is 0. The Balaban J connectivity index is 3.82. The molecular weight excluding hydrogens is 271 g/mol. The van der Waals surface area contributed by atoms with Crippen LogP contribution in [0.15, 0.2) is 12.2 Å². The Morgan fingerprint density at radius 1 is 1.32 bits per heavy atom. The van der Waals surface area contributed by atoms with Crippen LogP contribution in [0.3, 0.4) is 0 Å². The number of nitrogens with one attached hydrogen (secondary N) is 1. The number of likely N-dealkylation sites (N-methyl/N-ethyl adjacent to an activating group) is 1. The second kappa shape index (κ2) is 7.77. The Morgan fingerprint density at radius 3 is 2.32 bits per heavy atom. The molecule has 0 aromatic rings. The molecule has 0 aromatic carbocycles. The van der Waals surface area contributed by atoms with Crippen LogP contribution >= 0.6 is 7.82 Å². The van der Waals surface area contributed by atoms with Gasteiger partial charge >= 0.3 is 0 Å². The molecule has 0 radical (unpaired) electrons. The molecule has 19 heavy (non-hydrogen) atoms. The lowest BCUT2D eigenvalue weighted by atomic mass is 10.3. The minimum Gasteiger partial charge on any atom is -0.756 e. The van der Waals surface area contributed by atoms with E-state index in [2.05, 4.69) is 16.4 Å². The molecule has 112 valence electrons. The van der Waals surface area contributed by atoms with E-state index in [-0.39, 0.29) is 25.7 Å². The van der Waals surface area contributed by atoms with E-state index in [1.165, 1.54) is 0 Å². The smallest absolute Gasteiger partial charge is 0.268 e. The van der Waals surface area contributed by atoms with Gasteiger partial charge < -0.3 is 23.7 Å². The summed E-state index contributed by atoms with van der Waals surface area (Å²) < 4.78 is 21.2. The lowest BCUT2D eigenvalue weighted by molar-refractivity contribution is -0.870. The quantitative estimate of drug-likeness (QED) is 0.277. The van der Waals surface area contributed by atoms with E-state index in [1.54, 1.807) is 6.92 Å². The Labute approximate surface area is 114 Å². The Bertz CT molecular complexity index is 365. The van der Waals surface area contributed by atoms with Gasteiger partial charge in [0.15, 0.2) is 0 Å². The summed E-state index contributed by atoms with van der Waals surface area (Å²) in [6.45, 7) is 5.53. The van der Waals surface area contributed by atoms with E-state index in [4.69, 9.17) is 4.52 Å². The van der Waals surface area contributed by atoms with Gasteiger partial charge in [-0.1, -0.05) is 6.58 Å². The summed E-state index contributed by atoms with van der Waals surface area (Å²) >= 11 is 0. The standard InChI is InChI=1S/C11H23N2O5P/c1-10(2)11(14)12-6-8-17-19(15,16)18-9-7-13(3,4)5/h1,6-9H2,2-5H3,(H-,12,14,15,16). The molecule has 0 bridgehead atoms. The van der Waals surface area contributed by atoms with Gasteiger partial charge in [-0.3, -0.25) is 9.36 Å². The first kappa shape index (κ1) is 18.3. The largest absolute Gasteiger partial charge is 0.756 e. The zero-order valence-electron chi connectivity index (χ0n) is 12.0. The van der Waals surface area contributed by atoms with Gasteiger partial charge in [-0.15, -0.1) is 0 Å². The summed E-state index contributed by atoms with van der Waals surface area (Å²) in [5.74, 6) is -0.338. The molecule has 0 saturated carbocycles. The van der Waals surface area contributed by atoms with Crippen LogP contribution in [0.25, 0.3) is 0 Å².